The van der Waals surface area contributed by atoms with Gasteiger partial charge in [-0.1, -0.05) is 6.07 Å². The quantitative estimate of drug-likeness (QED) is 0.174. The van der Waals surface area contributed by atoms with Crippen LogP contribution in [0.4, 0.5) is 0 Å². The largest absolute Gasteiger partial charge is 0.490 e. The van der Waals surface area contributed by atoms with Gasteiger partial charge in [0.25, 0.3) is 0 Å². The van der Waals surface area contributed by atoms with Crippen LogP contribution in [-0.2, 0) is 9.53 Å². The first-order valence-electron chi connectivity index (χ1n) is 11.5. The van der Waals surface area contributed by atoms with Crippen molar-refractivity contribution in [1.29, 1.82) is 0 Å². The minimum Gasteiger partial charge on any atom is -0.490 e. The molecule has 0 saturated carbocycles. The maximum atomic E-state index is 12.8. The molecule has 0 atom stereocenters. The first-order valence-corrected chi connectivity index (χ1v) is 11.5. The van der Waals surface area contributed by atoms with Gasteiger partial charge in [-0.05, 0) is 103 Å². The summed E-state index contributed by atoms with van der Waals surface area (Å²) in [5.41, 5.74) is 1.60. The summed E-state index contributed by atoms with van der Waals surface area (Å²) in [5.74, 6) is 1.35. The summed E-state index contributed by atoms with van der Waals surface area (Å²) < 4.78 is 22.5. The predicted molar refractivity (Wildman–Crippen MR) is 134 cm³/mol. The third kappa shape index (κ3) is 7.94. The maximum absolute atomic E-state index is 12.8. The Hall–Kier alpha value is -3.28. The highest BCUT2D eigenvalue weighted by Crippen LogP contribution is 2.35. The van der Waals surface area contributed by atoms with E-state index in [0.717, 1.165) is 11.1 Å². The summed E-state index contributed by atoms with van der Waals surface area (Å²) >= 11 is 0. The second-order valence-electron chi connectivity index (χ2n) is 9.62. The summed E-state index contributed by atoms with van der Waals surface area (Å²) in [4.78, 5) is 24.6. The number of carbonyl (C=O) groups excluding carboxylic acids is 2. The Labute approximate surface area is 202 Å². The fraction of sp³-hybridized carbons (Fsp3) is 0.429. The van der Waals surface area contributed by atoms with Crippen molar-refractivity contribution in [3.05, 3.63) is 59.2 Å². The summed E-state index contributed by atoms with van der Waals surface area (Å²) in [6.45, 7) is 14.9. The lowest BCUT2D eigenvalue weighted by atomic mass is 9.98. The Kier molecular flexibility index (Phi) is 9.30. The van der Waals surface area contributed by atoms with E-state index >= 15 is 0 Å². The number of hydrogen-bond acceptors (Lipinski definition) is 6. The van der Waals surface area contributed by atoms with Crippen LogP contribution in [0.5, 0.6) is 17.2 Å². The van der Waals surface area contributed by atoms with Crippen LogP contribution in [0.1, 0.15) is 70.0 Å². The standard InChI is InChI=1S/C28H36O6/c1-18(2)33-25-16-9-20(5)26(34-19(3)4)23(25)14-15-24(29)21-10-12-22(13-11-21)31-17-32-27(30)28(6,7)8/h9-16,18-19H,17H2,1-8H3/b15-14+. The molecular weight excluding hydrogens is 432 g/mol. The van der Waals surface area contributed by atoms with Crippen LogP contribution in [0.2, 0.25) is 0 Å². The second kappa shape index (κ2) is 11.7. The zero-order valence-electron chi connectivity index (χ0n) is 21.4. The number of aryl methyl sites for hydroxylation is 1. The number of ketones is 1. The predicted octanol–water partition coefficient (Wildman–Crippen LogP) is 6.39. The molecule has 0 amide bonds. The molecule has 0 unspecified atom stereocenters. The van der Waals surface area contributed by atoms with Crippen molar-refractivity contribution >= 4 is 17.8 Å². The minimum atomic E-state index is -0.594. The van der Waals surface area contributed by atoms with Gasteiger partial charge in [0.1, 0.15) is 17.2 Å². The number of hydrogen-bond donors (Lipinski definition) is 0. The molecule has 0 aliphatic rings. The van der Waals surface area contributed by atoms with E-state index in [9.17, 15) is 9.59 Å². The van der Waals surface area contributed by atoms with E-state index in [1.807, 2.05) is 46.8 Å². The summed E-state index contributed by atoms with van der Waals surface area (Å²) in [6, 6.07) is 10.5. The minimum absolute atomic E-state index is 0.0207. The Morgan fingerprint density at radius 3 is 2.09 bits per heavy atom. The molecule has 0 N–H and O–H groups in total. The monoisotopic (exact) mass is 468 g/mol. The molecule has 0 spiro atoms. The van der Waals surface area contributed by atoms with Gasteiger partial charge in [0.05, 0.1) is 23.2 Å². The first-order chi connectivity index (χ1) is 15.9. The summed E-state index contributed by atoms with van der Waals surface area (Å²) in [7, 11) is 0. The van der Waals surface area contributed by atoms with Gasteiger partial charge in [0, 0.05) is 5.56 Å². The zero-order chi connectivity index (χ0) is 25.5. The Morgan fingerprint density at radius 1 is 0.912 bits per heavy atom. The zero-order valence-corrected chi connectivity index (χ0v) is 21.4. The molecule has 2 rings (SSSR count). The number of carbonyl (C=O) groups is 2. The van der Waals surface area contributed by atoms with Gasteiger partial charge >= 0.3 is 5.97 Å². The first kappa shape index (κ1) is 27.0. The lowest BCUT2D eigenvalue weighted by Gasteiger charge is -2.19. The number of allylic oxidation sites excluding steroid dienone is 1. The number of rotatable bonds is 10. The van der Waals surface area contributed by atoms with Crippen LogP contribution >= 0.6 is 0 Å². The molecule has 6 heteroatoms. The van der Waals surface area contributed by atoms with E-state index < -0.39 is 5.41 Å². The average Bonchev–Trinajstić information content (AvgIpc) is 2.74. The highest BCUT2D eigenvalue weighted by molar-refractivity contribution is 6.07. The van der Waals surface area contributed by atoms with E-state index in [4.69, 9.17) is 18.9 Å². The van der Waals surface area contributed by atoms with Crippen LogP contribution in [0.25, 0.3) is 6.08 Å². The van der Waals surface area contributed by atoms with Crippen LogP contribution in [-0.4, -0.2) is 30.8 Å². The van der Waals surface area contributed by atoms with E-state index in [1.165, 1.54) is 6.08 Å². The fourth-order valence-electron chi connectivity index (χ4n) is 2.94. The Bertz CT molecular complexity index is 1010. The van der Waals surface area contributed by atoms with Gasteiger partial charge < -0.3 is 18.9 Å². The summed E-state index contributed by atoms with van der Waals surface area (Å²) in [5, 5.41) is 0. The SMILES string of the molecule is Cc1ccc(OC(C)C)c(/C=C/C(=O)c2ccc(OCOC(=O)C(C)(C)C)cc2)c1OC(C)C. The van der Waals surface area contributed by atoms with Crippen molar-refractivity contribution in [2.24, 2.45) is 5.41 Å². The highest BCUT2D eigenvalue weighted by Gasteiger charge is 2.23. The van der Waals surface area contributed by atoms with Crippen molar-refractivity contribution in [2.45, 2.75) is 67.6 Å². The Morgan fingerprint density at radius 2 is 1.53 bits per heavy atom. The lowest BCUT2D eigenvalue weighted by Crippen LogP contribution is -2.24. The third-order valence-corrected chi connectivity index (χ3v) is 4.64. The molecule has 0 aliphatic carbocycles. The van der Waals surface area contributed by atoms with Gasteiger partial charge in [-0.15, -0.1) is 0 Å². The lowest BCUT2D eigenvalue weighted by molar-refractivity contribution is -0.159. The molecule has 0 heterocycles. The van der Waals surface area contributed by atoms with Crippen LogP contribution in [0.3, 0.4) is 0 Å². The van der Waals surface area contributed by atoms with E-state index in [2.05, 4.69) is 0 Å². The molecule has 184 valence electrons. The molecule has 0 aromatic heterocycles. The van der Waals surface area contributed by atoms with Crippen molar-refractivity contribution in [3.8, 4) is 17.2 Å². The van der Waals surface area contributed by atoms with Crippen molar-refractivity contribution in [2.75, 3.05) is 6.79 Å². The van der Waals surface area contributed by atoms with Gasteiger partial charge in [-0.25, -0.2) is 0 Å². The molecule has 0 bridgehead atoms. The van der Waals surface area contributed by atoms with Gasteiger partial charge in [0.15, 0.2) is 5.78 Å². The van der Waals surface area contributed by atoms with E-state index in [0.29, 0.717) is 22.8 Å². The smallest absolute Gasteiger partial charge is 0.314 e. The summed E-state index contributed by atoms with van der Waals surface area (Å²) in [6.07, 6.45) is 3.20. The van der Waals surface area contributed by atoms with E-state index in [-0.39, 0.29) is 30.8 Å². The van der Waals surface area contributed by atoms with Crippen LogP contribution < -0.4 is 14.2 Å². The van der Waals surface area contributed by atoms with Crippen LogP contribution in [0.15, 0.2) is 42.5 Å². The molecule has 0 fully saturated rings. The topological polar surface area (TPSA) is 71.1 Å². The molecule has 0 saturated heterocycles. The van der Waals surface area contributed by atoms with Crippen molar-refractivity contribution in [3.63, 3.8) is 0 Å². The van der Waals surface area contributed by atoms with Gasteiger partial charge in [-0.2, -0.15) is 0 Å². The molecular formula is C28H36O6. The van der Waals surface area contributed by atoms with Crippen LogP contribution in [0, 0.1) is 12.3 Å². The molecule has 2 aromatic rings. The maximum Gasteiger partial charge on any atom is 0.314 e. The highest BCUT2D eigenvalue weighted by atomic mass is 16.7. The molecule has 34 heavy (non-hydrogen) atoms. The normalized spacial score (nSPS) is 11.7. The van der Waals surface area contributed by atoms with Gasteiger partial charge in [-0.3, -0.25) is 9.59 Å². The Balaban J connectivity index is 2.16. The molecule has 0 radical (unpaired) electrons. The molecule has 0 aliphatic heterocycles. The third-order valence-electron chi connectivity index (χ3n) is 4.64. The number of benzene rings is 2. The number of ether oxygens (including phenoxy) is 4. The average molecular weight is 469 g/mol. The molecule has 2 aromatic carbocycles. The van der Waals surface area contributed by atoms with E-state index in [1.54, 1.807) is 51.1 Å². The molecule has 6 nitrogen and oxygen atoms in total. The van der Waals surface area contributed by atoms with Crippen molar-refractivity contribution < 1.29 is 28.5 Å². The number of esters is 1. The van der Waals surface area contributed by atoms with Crippen molar-refractivity contribution in [1.82, 2.24) is 0 Å². The van der Waals surface area contributed by atoms with Gasteiger partial charge in [0.2, 0.25) is 6.79 Å². The second-order valence-corrected chi connectivity index (χ2v) is 9.62. The fourth-order valence-corrected chi connectivity index (χ4v) is 2.94.